The monoisotopic (exact) mass is 295 g/mol. The topological polar surface area (TPSA) is 112 Å². The quantitative estimate of drug-likeness (QED) is 0.764. The lowest BCUT2D eigenvalue weighted by atomic mass is 10.1. The summed E-state index contributed by atoms with van der Waals surface area (Å²) in [6.45, 7) is 3.50. The van der Waals surface area contributed by atoms with Crippen molar-refractivity contribution in [1.82, 2.24) is 9.97 Å². The Morgan fingerprint density at radius 1 is 1.10 bits per heavy atom. The average molecular weight is 295 g/mol. The van der Waals surface area contributed by atoms with E-state index >= 15 is 0 Å². The summed E-state index contributed by atoms with van der Waals surface area (Å²) in [7, 11) is -4.07. The highest BCUT2D eigenvalue weighted by atomic mass is 32.2. The number of nitrogens with one attached hydrogen (secondary N) is 3. The minimum Gasteiger partial charge on any atom is -0.313 e. The van der Waals surface area contributed by atoms with Gasteiger partial charge in [0, 0.05) is 6.20 Å². The maximum Gasteiger partial charge on any atom is 0.325 e. The van der Waals surface area contributed by atoms with Gasteiger partial charge < -0.3 is 4.98 Å². The molecule has 1 aromatic heterocycles. The molecule has 0 aliphatic carbocycles. The van der Waals surface area contributed by atoms with Crippen LogP contribution in [-0.2, 0) is 10.0 Å². The second-order valence-corrected chi connectivity index (χ2v) is 5.96. The van der Waals surface area contributed by atoms with Crippen molar-refractivity contribution in [3.05, 3.63) is 56.4 Å². The number of aryl methyl sites for hydroxylation is 2. The van der Waals surface area contributed by atoms with E-state index in [1.54, 1.807) is 32.0 Å². The molecule has 0 bridgehead atoms. The molecule has 0 radical (unpaired) electrons. The molecule has 3 N–H and O–H groups in total. The molecule has 0 saturated heterocycles. The largest absolute Gasteiger partial charge is 0.325 e. The van der Waals surface area contributed by atoms with Crippen LogP contribution in [0.5, 0.6) is 0 Å². The van der Waals surface area contributed by atoms with Gasteiger partial charge in [0.15, 0.2) is 4.90 Å². The number of hydrogen-bond acceptors (Lipinski definition) is 4. The molecule has 0 amide bonds. The fourth-order valence-electron chi connectivity index (χ4n) is 1.76. The van der Waals surface area contributed by atoms with Gasteiger partial charge in [0.1, 0.15) is 0 Å². The zero-order valence-electron chi connectivity index (χ0n) is 10.9. The molecule has 1 heterocycles. The Balaban J connectivity index is 2.52. The third kappa shape index (κ3) is 2.64. The summed E-state index contributed by atoms with van der Waals surface area (Å²) in [5.74, 6) is 0. The molecule has 1 aromatic carbocycles. The van der Waals surface area contributed by atoms with Crippen LogP contribution in [0.3, 0.4) is 0 Å². The van der Waals surface area contributed by atoms with Crippen LogP contribution in [0.25, 0.3) is 0 Å². The molecular weight excluding hydrogens is 282 g/mol. The molecule has 0 atom stereocenters. The van der Waals surface area contributed by atoms with Crippen LogP contribution in [0.1, 0.15) is 11.1 Å². The highest BCUT2D eigenvalue weighted by Crippen LogP contribution is 2.22. The van der Waals surface area contributed by atoms with Crippen molar-refractivity contribution < 1.29 is 8.42 Å². The van der Waals surface area contributed by atoms with Gasteiger partial charge in [-0.1, -0.05) is 18.2 Å². The Bertz CT molecular complexity index is 845. The molecule has 0 fully saturated rings. The number of H-pyrrole nitrogens is 2. The van der Waals surface area contributed by atoms with E-state index in [0.29, 0.717) is 5.69 Å². The maximum atomic E-state index is 12.2. The summed E-state index contributed by atoms with van der Waals surface area (Å²) < 4.78 is 26.7. The number of hydrogen-bond donors (Lipinski definition) is 3. The van der Waals surface area contributed by atoms with Crippen LogP contribution >= 0.6 is 0 Å². The van der Waals surface area contributed by atoms with E-state index in [0.717, 1.165) is 17.3 Å². The normalized spacial score (nSPS) is 11.3. The third-order valence-electron chi connectivity index (χ3n) is 2.79. The predicted octanol–water partition coefficient (Wildman–Crippen LogP) is 0.481. The fraction of sp³-hybridized carbons (Fsp3) is 0.167. The van der Waals surface area contributed by atoms with Crippen molar-refractivity contribution in [2.45, 2.75) is 18.7 Å². The van der Waals surface area contributed by atoms with E-state index in [-0.39, 0.29) is 0 Å². The summed E-state index contributed by atoms with van der Waals surface area (Å²) in [6.07, 6.45) is 0.872. The predicted molar refractivity (Wildman–Crippen MR) is 74.4 cm³/mol. The van der Waals surface area contributed by atoms with Crippen molar-refractivity contribution in [3.63, 3.8) is 0 Å². The van der Waals surface area contributed by atoms with Gasteiger partial charge in [-0.3, -0.25) is 14.5 Å². The van der Waals surface area contributed by atoms with E-state index in [1.165, 1.54) is 0 Å². The molecule has 7 nitrogen and oxygen atoms in total. The molecule has 0 aliphatic rings. The highest BCUT2D eigenvalue weighted by molar-refractivity contribution is 7.92. The van der Waals surface area contributed by atoms with E-state index in [1.807, 2.05) is 4.98 Å². The van der Waals surface area contributed by atoms with Gasteiger partial charge in [-0.25, -0.2) is 13.2 Å². The Hall–Kier alpha value is -2.35. The first-order valence-electron chi connectivity index (χ1n) is 5.72. The van der Waals surface area contributed by atoms with E-state index in [2.05, 4.69) is 9.71 Å². The number of rotatable bonds is 3. The van der Waals surface area contributed by atoms with E-state index in [9.17, 15) is 18.0 Å². The van der Waals surface area contributed by atoms with Crippen molar-refractivity contribution in [1.29, 1.82) is 0 Å². The Kier molecular flexibility index (Phi) is 3.49. The van der Waals surface area contributed by atoms with Crippen LogP contribution in [0.2, 0.25) is 0 Å². The molecule has 20 heavy (non-hydrogen) atoms. The molecule has 106 valence electrons. The molecular formula is C12H13N3O4S. The summed E-state index contributed by atoms with van der Waals surface area (Å²) in [4.78, 5) is 25.9. The number of aromatic nitrogens is 2. The first-order valence-corrected chi connectivity index (χ1v) is 7.20. The van der Waals surface area contributed by atoms with Gasteiger partial charge in [-0.2, -0.15) is 0 Å². The van der Waals surface area contributed by atoms with Crippen molar-refractivity contribution in [2.75, 3.05) is 4.72 Å². The highest BCUT2D eigenvalue weighted by Gasteiger charge is 2.20. The first kappa shape index (κ1) is 14.1. The minimum atomic E-state index is -4.07. The molecule has 8 heteroatoms. The molecule has 0 spiro atoms. The Labute approximate surface area is 114 Å². The molecule has 0 aliphatic heterocycles. The molecule has 2 rings (SSSR count). The number of benzene rings is 1. The molecule has 2 aromatic rings. The third-order valence-corrected chi connectivity index (χ3v) is 4.15. The Morgan fingerprint density at radius 3 is 2.25 bits per heavy atom. The van der Waals surface area contributed by atoms with Crippen molar-refractivity contribution >= 4 is 15.7 Å². The second-order valence-electron chi connectivity index (χ2n) is 4.31. The number of sulfonamides is 1. The van der Waals surface area contributed by atoms with E-state index in [4.69, 9.17) is 0 Å². The molecule has 0 unspecified atom stereocenters. The average Bonchev–Trinajstić information content (AvgIpc) is 2.33. The number of para-hydroxylation sites is 1. The van der Waals surface area contributed by atoms with Crippen molar-refractivity contribution in [3.8, 4) is 0 Å². The van der Waals surface area contributed by atoms with Crippen LogP contribution in [0, 0.1) is 13.8 Å². The lowest BCUT2D eigenvalue weighted by Crippen LogP contribution is -2.29. The van der Waals surface area contributed by atoms with Gasteiger partial charge in [-0.15, -0.1) is 0 Å². The standard InChI is InChI=1S/C12H13N3O4S/c1-7-4-3-5-8(2)10(7)15-20(18,19)9-6-13-12(17)14-11(9)16/h3-6,15H,1-2H3,(H2,13,14,16,17). The lowest BCUT2D eigenvalue weighted by molar-refractivity contribution is 0.599. The van der Waals surface area contributed by atoms with E-state index < -0.39 is 26.2 Å². The maximum absolute atomic E-state index is 12.2. The van der Waals surface area contributed by atoms with Crippen LogP contribution in [-0.4, -0.2) is 18.4 Å². The van der Waals surface area contributed by atoms with Crippen LogP contribution in [0.15, 0.2) is 38.9 Å². The zero-order chi connectivity index (χ0) is 14.9. The Morgan fingerprint density at radius 2 is 1.70 bits per heavy atom. The van der Waals surface area contributed by atoms with Crippen LogP contribution < -0.4 is 16.0 Å². The van der Waals surface area contributed by atoms with Gasteiger partial charge in [0.25, 0.3) is 15.6 Å². The lowest BCUT2D eigenvalue weighted by Gasteiger charge is -2.12. The zero-order valence-corrected chi connectivity index (χ0v) is 11.7. The molecule has 0 saturated carbocycles. The van der Waals surface area contributed by atoms with Gasteiger partial charge in [0.05, 0.1) is 5.69 Å². The van der Waals surface area contributed by atoms with Crippen LogP contribution in [0.4, 0.5) is 5.69 Å². The SMILES string of the molecule is Cc1cccc(C)c1NS(=O)(=O)c1c[nH]c(=O)[nH]c1=O. The summed E-state index contributed by atoms with van der Waals surface area (Å²) >= 11 is 0. The fourth-order valence-corrected chi connectivity index (χ4v) is 2.97. The van der Waals surface area contributed by atoms with Gasteiger partial charge >= 0.3 is 5.69 Å². The number of anilines is 1. The first-order chi connectivity index (χ1) is 9.31. The van der Waals surface area contributed by atoms with Gasteiger partial charge in [-0.05, 0) is 25.0 Å². The second kappa shape index (κ2) is 4.97. The van der Waals surface area contributed by atoms with Gasteiger partial charge in [0.2, 0.25) is 0 Å². The van der Waals surface area contributed by atoms with Crippen molar-refractivity contribution in [2.24, 2.45) is 0 Å². The summed E-state index contributed by atoms with van der Waals surface area (Å²) in [5.41, 5.74) is 0.149. The summed E-state index contributed by atoms with van der Waals surface area (Å²) in [5, 5.41) is 0. The smallest absolute Gasteiger partial charge is 0.313 e. The summed E-state index contributed by atoms with van der Waals surface area (Å²) in [6, 6.07) is 5.30. The minimum absolute atomic E-state index is 0.415. The number of aromatic amines is 2.